The van der Waals surface area contributed by atoms with Crippen molar-refractivity contribution in [3.8, 4) is 0 Å². The second kappa shape index (κ2) is 7.49. The normalized spacial score (nSPS) is 11.5. The van der Waals surface area contributed by atoms with Gasteiger partial charge in [0.15, 0.2) is 0 Å². The molecule has 21 heavy (non-hydrogen) atoms. The van der Waals surface area contributed by atoms with Crippen molar-refractivity contribution in [2.45, 2.75) is 25.9 Å². The van der Waals surface area contributed by atoms with Crippen molar-refractivity contribution in [1.29, 1.82) is 0 Å². The van der Waals surface area contributed by atoms with Gasteiger partial charge < -0.3 is 21.1 Å². The molecule has 0 aliphatic rings. The lowest BCUT2D eigenvalue weighted by Crippen LogP contribution is -2.37. The maximum Gasteiger partial charge on any atom is 0.225 e. The van der Waals surface area contributed by atoms with Crippen molar-refractivity contribution in [2.75, 3.05) is 25.5 Å². The first kappa shape index (κ1) is 17.6. The first-order valence-corrected chi connectivity index (χ1v) is 7.19. The zero-order chi connectivity index (χ0) is 16.0. The van der Waals surface area contributed by atoms with E-state index in [1.165, 1.54) is 0 Å². The maximum atomic E-state index is 12.0. The maximum absolute atomic E-state index is 12.0. The van der Waals surface area contributed by atoms with Gasteiger partial charge in [0.05, 0.1) is 11.3 Å². The highest BCUT2D eigenvalue weighted by Gasteiger charge is 2.16. The van der Waals surface area contributed by atoms with E-state index in [1.54, 1.807) is 26.0 Å². The topological polar surface area (TPSA) is 78.6 Å². The van der Waals surface area contributed by atoms with Gasteiger partial charge in [-0.05, 0) is 33.0 Å². The van der Waals surface area contributed by atoms with Crippen LogP contribution in [0.3, 0.4) is 0 Å². The lowest BCUT2D eigenvalue weighted by Gasteiger charge is -2.25. The third-order valence-corrected chi connectivity index (χ3v) is 3.06. The molecule has 0 spiro atoms. The van der Waals surface area contributed by atoms with Crippen LogP contribution in [-0.2, 0) is 4.79 Å². The number of carbonyl (C=O) groups is 1. The summed E-state index contributed by atoms with van der Waals surface area (Å²) in [6.45, 7) is 4.54. The van der Waals surface area contributed by atoms with Crippen molar-refractivity contribution in [1.82, 2.24) is 4.90 Å². The van der Waals surface area contributed by atoms with Crippen LogP contribution in [0.25, 0.3) is 0 Å². The Morgan fingerprint density at radius 2 is 2.05 bits per heavy atom. The van der Waals surface area contributed by atoms with Gasteiger partial charge in [-0.3, -0.25) is 4.79 Å². The van der Waals surface area contributed by atoms with Gasteiger partial charge in [0, 0.05) is 25.1 Å². The van der Waals surface area contributed by atoms with Crippen LogP contribution in [0.15, 0.2) is 24.3 Å². The van der Waals surface area contributed by atoms with E-state index in [-0.39, 0.29) is 10.9 Å². The van der Waals surface area contributed by atoms with Crippen molar-refractivity contribution in [3.05, 3.63) is 29.8 Å². The molecule has 6 heteroatoms. The molecule has 0 atom stereocenters. The molecule has 1 aromatic carbocycles. The van der Waals surface area contributed by atoms with Crippen molar-refractivity contribution in [2.24, 2.45) is 5.73 Å². The summed E-state index contributed by atoms with van der Waals surface area (Å²) in [6.07, 6.45) is 0.332. The average Bonchev–Trinajstić information content (AvgIpc) is 2.35. The third kappa shape index (κ3) is 6.66. The molecule has 0 aromatic heterocycles. The molecule has 0 saturated heterocycles. The zero-order valence-electron chi connectivity index (χ0n) is 12.7. The molecule has 0 aliphatic carbocycles. The fourth-order valence-corrected chi connectivity index (χ4v) is 2.23. The van der Waals surface area contributed by atoms with Gasteiger partial charge in [-0.25, -0.2) is 0 Å². The summed E-state index contributed by atoms with van der Waals surface area (Å²) in [7, 11) is 1.87. The number of amides is 1. The highest BCUT2D eigenvalue weighted by atomic mass is 32.1. The largest absolute Gasteiger partial charge is 0.389 e. The SMILES string of the molecule is CN(CCC(=O)Nc1ccccc1C(N)=S)CC(C)(C)O. The minimum atomic E-state index is -0.774. The summed E-state index contributed by atoms with van der Waals surface area (Å²) < 4.78 is 0. The van der Waals surface area contributed by atoms with Crippen molar-refractivity contribution < 1.29 is 9.90 Å². The fourth-order valence-electron chi connectivity index (χ4n) is 2.05. The number of rotatable bonds is 7. The molecule has 116 valence electrons. The molecule has 0 heterocycles. The van der Waals surface area contributed by atoms with E-state index >= 15 is 0 Å². The first-order chi connectivity index (χ1) is 9.69. The van der Waals surface area contributed by atoms with E-state index in [0.717, 1.165) is 0 Å². The number of carbonyl (C=O) groups excluding carboxylic acids is 1. The van der Waals surface area contributed by atoms with Crippen LogP contribution in [0, 0.1) is 0 Å². The van der Waals surface area contributed by atoms with Crippen LogP contribution in [0.1, 0.15) is 25.8 Å². The van der Waals surface area contributed by atoms with Gasteiger partial charge in [0.25, 0.3) is 0 Å². The van der Waals surface area contributed by atoms with Crippen LogP contribution in [-0.4, -0.2) is 46.6 Å². The summed E-state index contributed by atoms with van der Waals surface area (Å²) in [5, 5.41) is 12.5. The van der Waals surface area contributed by atoms with Crippen molar-refractivity contribution in [3.63, 3.8) is 0 Å². The van der Waals surface area contributed by atoms with Gasteiger partial charge in [-0.2, -0.15) is 0 Å². The van der Waals surface area contributed by atoms with Gasteiger partial charge in [0.1, 0.15) is 4.99 Å². The van der Waals surface area contributed by atoms with Gasteiger partial charge in [-0.15, -0.1) is 0 Å². The minimum absolute atomic E-state index is 0.110. The summed E-state index contributed by atoms with van der Waals surface area (Å²) in [4.78, 5) is 14.1. The Balaban J connectivity index is 2.53. The van der Waals surface area contributed by atoms with E-state index < -0.39 is 5.60 Å². The predicted molar refractivity (Wildman–Crippen MR) is 89.4 cm³/mol. The summed E-state index contributed by atoms with van der Waals surface area (Å²) in [6, 6.07) is 7.18. The van der Waals surface area contributed by atoms with Crippen LogP contribution in [0.5, 0.6) is 0 Å². The smallest absolute Gasteiger partial charge is 0.225 e. The average molecular weight is 309 g/mol. The Hall–Kier alpha value is -1.50. The van der Waals surface area contributed by atoms with Crippen LogP contribution < -0.4 is 11.1 Å². The predicted octanol–water partition coefficient (Wildman–Crippen LogP) is 1.35. The highest BCUT2D eigenvalue weighted by molar-refractivity contribution is 7.80. The molecule has 0 saturated carbocycles. The molecular weight excluding hydrogens is 286 g/mol. The minimum Gasteiger partial charge on any atom is -0.389 e. The molecule has 1 aromatic rings. The van der Waals surface area contributed by atoms with E-state index in [9.17, 15) is 9.90 Å². The molecule has 0 fully saturated rings. The lowest BCUT2D eigenvalue weighted by molar-refractivity contribution is -0.116. The third-order valence-electron chi connectivity index (χ3n) is 2.84. The summed E-state index contributed by atoms with van der Waals surface area (Å²) >= 11 is 4.96. The Labute approximate surface area is 131 Å². The summed E-state index contributed by atoms with van der Waals surface area (Å²) in [5.41, 5.74) is 6.13. The molecule has 1 rings (SSSR count). The second-order valence-corrected chi connectivity index (χ2v) is 6.20. The van der Waals surface area contributed by atoms with E-state index in [2.05, 4.69) is 5.32 Å². The number of para-hydroxylation sites is 1. The van der Waals surface area contributed by atoms with E-state index in [4.69, 9.17) is 18.0 Å². The monoisotopic (exact) mass is 309 g/mol. The Morgan fingerprint density at radius 3 is 2.62 bits per heavy atom. The molecule has 1 amide bonds. The number of hydrogen-bond donors (Lipinski definition) is 3. The number of likely N-dealkylation sites (N-methyl/N-ethyl adjacent to an activating group) is 1. The van der Waals surface area contributed by atoms with Gasteiger partial charge >= 0.3 is 0 Å². The van der Waals surface area contributed by atoms with Crippen LogP contribution in [0.4, 0.5) is 5.69 Å². The van der Waals surface area contributed by atoms with Crippen molar-refractivity contribution >= 4 is 28.8 Å². The zero-order valence-corrected chi connectivity index (χ0v) is 13.5. The number of nitrogens with zero attached hydrogens (tertiary/aromatic N) is 1. The summed E-state index contributed by atoms with van der Waals surface area (Å²) in [5.74, 6) is -0.110. The Morgan fingerprint density at radius 1 is 1.43 bits per heavy atom. The second-order valence-electron chi connectivity index (χ2n) is 5.76. The highest BCUT2D eigenvalue weighted by Crippen LogP contribution is 2.15. The number of thiocarbonyl (C=S) groups is 1. The number of hydrogen-bond acceptors (Lipinski definition) is 4. The van der Waals surface area contributed by atoms with Crippen LogP contribution in [0.2, 0.25) is 0 Å². The molecular formula is C15H23N3O2S. The number of nitrogens with two attached hydrogens (primary N) is 1. The Bertz CT molecular complexity index is 512. The number of nitrogens with one attached hydrogen (secondary N) is 1. The molecule has 0 bridgehead atoms. The first-order valence-electron chi connectivity index (χ1n) is 6.78. The van der Waals surface area contributed by atoms with Gasteiger partial charge in [0.2, 0.25) is 5.91 Å². The Kier molecular flexibility index (Phi) is 6.26. The number of benzene rings is 1. The molecule has 0 unspecified atom stereocenters. The van der Waals surface area contributed by atoms with E-state index in [1.807, 2.05) is 24.1 Å². The quantitative estimate of drug-likeness (QED) is 0.663. The molecule has 0 aliphatic heterocycles. The molecule has 0 radical (unpaired) electrons. The molecule has 5 nitrogen and oxygen atoms in total. The standard InChI is InChI=1S/C15H23N3O2S/c1-15(2,20)10-18(3)9-8-13(19)17-12-7-5-4-6-11(12)14(16)21/h4-7,20H,8-10H2,1-3H3,(H2,16,21)(H,17,19). The van der Waals surface area contributed by atoms with E-state index in [0.29, 0.717) is 30.8 Å². The lowest BCUT2D eigenvalue weighted by atomic mass is 10.1. The fraction of sp³-hybridized carbons (Fsp3) is 0.467. The van der Waals surface area contributed by atoms with Gasteiger partial charge in [-0.1, -0.05) is 24.4 Å². The van der Waals surface area contributed by atoms with Crippen LogP contribution >= 0.6 is 12.2 Å². The molecule has 4 N–H and O–H groups in total. The number of anilines is 1. The number of aliphatic hydroxyl groups is 1.